The minimum absolute atomic E-state index is 0.128. The highest BCUT2D eigenvalue weighted by Gasteiger charge is 2.33. The summed E-state index contributed by atoms with van der Waals surface area (Å²) in [5.74, 6) is -0.820. The molecule has 2 aromatic rings. The fourth-order valence-electron chi connectivity index (χ4n) is 1.53. The van der Waals surface area contributed by atoms with Crippen molar-refractivity contribution in [1.82, 2.24) is 4.98 Å². The lowest BCUT2D eigenvalue weighted by molar-refractivity contribution is -0.141. The molecule has 0 radical (unpaired) electrons. The third-order valence-corrected chi connectivity index (χ3v) is 2.22. The number of hydrogen-bond donors (Lipinski definition) is 0. The number of halogens is 3. The summed E-state index contributed by atoms with van der Waals surface area (Å²) in [5, 5.41) is 0.362. The molecular formula is C12H8F3NO2. The third-order valence-electron chi connectivity index (χ3n) is 2.22. The van der Waals surface area contributed by atoms with Crippen LogP contribution in [-0.4, -0.2) is 11.0 Å². The van der Waals surface area contributed by atoms with E-state index in [2.05, 4.69) is 4.98 Å². The van der Waals surface area contributed by atoms with Gasteiger partial charge in [0.05, 0.1) is 5.52 Å². The molecule has 1 aromatic heterocycles. The number of carbonyl (C=O) groups is 1. The number of esters is 1. The summed E-state index contributed by atoms with van der Waals surface area (Å²) in [5.41, 5.74) is -0.957. The first-order valence-corrected chi connectivity index (χ1v) is 5.03. The quantitative estimate of drug-likeness (QED) is 0.734. The van der Waals surface area contributed by atoms with Crippen molar-refractivity contribution in [2.75, 3.05) is 0 Å². The summed E-state index contributed by atoms with van der Waals surface area (Å²) in [4.78, 5) is 14.4. The van der Waals surface area contributed by atoms with E-state index in [4.69, 9.17) is 4.74 Å². The van der Waals surface area contributed by atoms with Crippen LogP contribution in [-0.2, 0) is 11.0 Å². The summed E-state index contributed by atoms with van der Waals surface area (Å²) in [6.45, 7) is 1.13. The molecule has 94 valence electrons. The monoisotopic (exact) mass is 255 g/mol. The molecular weight excluding hydrogens is 247 g/mol. The second-order valence-electron chi connectivity index (χ2n) is 3.61. The third kappa shape index (κ3) is 2.42. The van der Waals surface area contributed by atoms with Crippen molar-refractivity contribution in [1.29, 1.82) is 0 Å². The minimum Gasteiger partial charge on any atom is -0.426 e. The largest absolute Gasteiger partial charge is 0.433 e. The van der Waals surface area contributed by atoms with Crippen LogP contribution in [0.3, 0.4) is 0 Å². The standard InChI is InChI=1S/C12H8F3NO2/c1-7(17)18-10-6-11(12(13,14)15)16-9-5-3-2-4-8(9)10/h2-6H,1H3. The Bertz CT molecular complexity index is 608. The molecule has 0 amide bonds. The molecule has 1 heterocycles. The topological polar surface area (TPSA) is 39.2 Å². The van der Waals surface area contributed by atoms with E-state index in [-0.39, 0.29) is 11.3 Å². The summed E-state index contributed by atoms with van der Waals surface area (Å²) < 4.78 is 42.7. The van der Waals surface area contributed by atoms with Crippen molar-refractivity contribution < 1.29 is 22.7 Å². The van der Waals surface area contributed by atoms with Gasteiger partial charge in [-0.15, -0.1) is 0 Å². The minimum atomic E-state index is -4.58. The van der Waals surface area contributed by atoms with Crippen molar-refractivity contribution in [3.8, 4) is 5.75 Å². The van der Waals surface area contributed by atoms with Crippen LogP contribution in [0.15, 0.2) is 30.3 Å². The summed E-state index contributed by atoms with van der Waals surface area (Å²) in [6, 6.07) is 6.89. The van der Waals surface area contributed by atoms with Crippen molar-refractivity contribution in [3.05, 3.63) is 36.0 Å². The van der Waals surface area contributed by atoms with Gasteiger partial charge in [-0.05, 0) is 12.1 Å². The predicted octanol–water partition coefficient (Wildman–Crippen LogP) is 3.18. The molecule has 0 fully saturated rings. The molecule has 0 N–H and O–H groups in total. The Morgan fingerprint density at radius 1 is 1.28 bits per heavy atom. The van der Waals surface area contributed by atoms with Crippen molar-refractivity contribution in [2.24, 2.45) is 0 Å². The fraction of sp³-hybridized carbons (Fsp3) is 0.167. The van der Waals surface area contributed by atoms with E-state index in [0.29, 0.717) is 5.39 Å². The maximum atomic E-state index is 12.6. The van der Waals surface area contributed by atoms with Crippen LogP contribution in [0.5, 0.6) is 5.75 Å². The van der Waals surface area contributed by atoms with Gasteiger partial charge >= 0.3 is 12.1 Å². The Morgan fingerprint density at radius 2 is 1.94 bits per heavy atom. The van der Waals surface area contributed by atoms with Gasteiger partial charge in [-0.3, -0.25) is 4.79 Å². The second kappa shape index (κ2) is 4.29. The van der Waals surface area contributed by atoms with E-state index >= 15 is 0 Å². The van der Waals surface area contributed by atoms with Gasteiger partial charge in [0, 0.05) is 18.4 Å². The zero-order valence-electron chi connectivity index (χ0n) is 9.28. The number of pyridine rings is 1. The van der Waals surface area contributed by atoms with E-state index < -0.39 is 17.8 Å². The molecule has 0 aliphatic heterocycles. The van der Waals surface area contributed by atoms with Gasteiger partial charge in [0.2, 0.25) is 0 Å². The Balaban J connectivity index is 2.68. The number of nitrogens with zero attached hydrogens (tertiary/aromatic N) is 1. The highest BCUT2D eigenvalue weighted by Crippen LogP contribution is 2.34. The number of benzene rings is 1. The highest BCUT2D eigenvalue weighted by atomic mass is 19.4. The lowest BCUT2D eigenvalue weighted by Crippen LogP contribution is -2.10. The van der Waals surface area contributed by atoms with E-state index in [1.54, 1.807) is 18.2 Å². The van der Waals surface area contributed by atoms with Crippen LogP contribution >= 0.6 is 0 Å². The lowest BCUT2D eigenvalue weighted by Gasteiger charge is -2.10. The van der Waals surface area contributed by atoms with Crippen LogP contribution in [0.1, 0.15) is 12.6 Å². The molecule has 18 heavy (non-hydrogen) atoms. The molecule has 0 unspecified atom stereocenters. The number of ether oxygens (including phenoxy) is 1. The van der Waals surface area contributed by atoms with Gasteiger partial charge in [-0.1, -0.05) is 12.1 Å². The maximum absolute atomic E-state index is 12.6. The van der Waals surface area contributed by atoms with E-state index in [1.165, 1.54) is 6.07 Å². The van der Waals surface area contributed by atoms with Gasteiger partial charge in [0.15, 0.2) is 0 Å². The first-order valence-electron chi connectivity index (χ1n) is 5.03. The molecule has 2 rings (SSSR count). The molecule has 0 atom stereocenters. The molecule has 0 saturated carbocycles. The Morgan fingerprint density at radius 3 is 2.56 bits per heavy atom. The number of alkyl halides is 3. The number of para-hydroxylation sites is 1. The number of fused-ring (bicyclic) bond motifs is 1. The molecule has 0 aliphatic rings. The Kier molecular flexibility index (Phi) is 2.94. The predicted molar refractivity (Wildman–Crippen MR) is 58.1 cm³/mol. The SMILES string of the molecule is CC(=O)Oc1cc(C(F)(F)F)nc2ccccc12. The fourth-order valence-corrected chi connectivity index (χ4v) is 1.53. The summed E-state index contributed by atoms with van der Waals surface area (Å²) >= 11 is 0. The van der Waals surface area contributed by atoms with Crippen LogP contribution in [0.2, 0.25) is 0 Å². The normalized spacial score (nSPS) is 11.6. The molecule has 6 heteroatoms. The first-order chi connectivity index (χ1) is 8.38. The van der Waals surface area contributed by atoms with Crippen molar-refractivity contribution in [2.45, 2.75) is 13.1 Å². The smallest absolute Gasteiger partial charge is 0.426 e. The molecule has 1 aromatic carbocycles. The van der Waals surface area contributed by atoms with Crippen LogP contribution < -0.4 is 4.74 Å². The molecule has 3 nitrogen and oxygen atoms in total. The van der Waals surface area contributed by atoms with Gasteiger partial charge in [-0.2, -0.15) is 13.2 Å². The number of rotatable bonds is 1. The van der Waals surface area contributed by atoms with Gasteiger partial charge < -0.3 is 4.74 Å². The number of carbonyl (C=O) groups excluding carboxylic acids is 1. The zero-order valence-corrected chi connectivity index (χ0v) is 9.28. The molecule has 0 spiro atoms. The number of hydrogen-bond acceptors (Lipinski definition) is 3. The highest BCUT2D eigenvalue weighted by molar-refractivity contribution is 5.87. The molecule has 0 bridgehead atoms. The Hall–Kier alpha value is -2.11. The van der Waals surface area contributed by atoms with Crippen molar-refractivity contribution >= 4 is 16.9 Å². The van der Waals surface area contributed by atoms with E-state index in [9.17, 15) is 18.0 Å². The average molecular weight is 255 g/mol. The van der Waals surface area contributed by atoms with E-state index in [1.807, 2.05) is 0 Å². The lowest BCUT2D eigenvalue weighted by atomic mass is 10.2. The van der Waals surface area contributed by atoms with Gasteiger partial charge in [-0.25, -0.2) is 4.98 Å². The number of aromatic nitrogens is 1. The van der Waals surface area contributed by atoms with Crippen LogP contribution in [0, 0.1) is 0 Å². The summed E-state index contributed by atoms with van der Waals surface area (Å²) in [7, 11) is 0. The van der Waals surface area contributed by atoms with Gasteiger partial charge in [0.1, 0.15) is 11.4 Å². The van der Waals surface area contributed by atoms with Gasteiger partial charge in [0.25, 0.3) is 0 Å². The Labute approximate surface area is 100 Å². The first kappa shape index (κ1) is 12.3. The second-order valence-corrected chi connectivity index (χ2v) is 3.61. The van der Waals surface area contributed by atoms with Crippen LogP contribution in [0.4, 0.5) is 13.2 Å². The van der Waals surface area contributed by atoms with E-state index in [0.717, 1.165) is 13.0 Å². The summed E-state index contributed by atoms with van der Waals surface area (Å²) in [6.07, 6.45) is -4.58. The molecule has 0 saturated heterocycles. The zero-order chi connectivity index (χ0) is 13.3. The average Bonchev–Trinajstić information content (AvgIpc) is 2.27. The van der Waals surface area contributed by atoms with Crippen LogP contribution in [0.25, 0.3) is 10.9 Å². The van der Waals surface area contributed by atoms with Crippen molar-refractivity contribution in [3.63, 3.8) is 0 Å². The molecule has 0 aliphatic carbocycles. The maximum Gasteiger partial charge on any atom is 0.433 e.